The van der Waals surface area contributed by atoms with Gasteiger partial charge < -0.3 is 10.1 Å². The summed E-state index contributed by atoms with van der Waals surface area (Å²) >= 11 is 0. The average Bonchev–Trinajstić information content (AvgIpc) is 2.71. The van der Waals surface area contributed by atoms with Gasteiger partial charge in [-0.05, 0) is 40.5 Å². The Morgan fingerprint density at radius 1 is 1.50 bits per heavy atom. The molecule has 1 N–H and O–H groups in total. The van der Waals surface area contributed by atoms with Gasteiger partial charge in [-0.1, -0.05) is 0 Å². The van der Waals surface area contributed by atoms with E-state index < -0.39 is 5.54 Å². The number of esters is 1. The highest BCUT2D eigenvalue weighted by molar-refractivity contribution is 5.89. The fourth-order valence-corrected chi connectivity index (χ4v) is 2.66. The van der Waals surface area contributed by atoms with Crippen LogP contribution >= 0.6 is 0 Å². The van der Waals surface area contributed by atoms with Crippen LogP contribution in [0.5, 0.6) is 0 Å². The SMILES string of the molecule is CC(C)(C)NC(=O)[C@]1(C)COC(=O)[C@@H]2CCCN21. The van der Waals surface area contributed by atoms with Crippen molar-refractivity contribution in [2.45, 2.75) is 57.7 Å². The van der Waals surface area contributed by atoms with Gasteiger partial charge in [-0.2, -0.15) is 0 Å². The molecule has 2 fully saturated rings. The molecule has 0 aromatic heterocycles. The minimum absolute atomic E-state index is 0.0607. The Hall–Kier alpha value is -1.10. The first-order chi connectivity index (χ1) is 8.24. The van der Waals surface area contributed by atoms with Crippen LogP contribution in [-0.4, -0.2) is 47.0 Å². The molecule has 2 rings (SSSR count). The molecule has 18 heavy (non-hydrogen) atoms. The molecule has 0 unspecified atom stereocenters. The average molecular weight is 254 g/mol. The minimum Gasteiger partial charge on any atom is -0.462 e. The summed E-state index contributed by atoms with van der Waals surface area (Å²) in [5.41, 5.74) is -1.01. The Kier molecular flexibility index (Phi) is 3.13. The van der Waals surface area contributed by atoms with Gasteiger partial charge in [0.1, 0.15) is 18.2 Å². The predicted octanol–water partition coefficient (Wildman–Crippen LogP) is 0.681. The first kappa shape index (κ1) is 13.3. The van der Waals surface area contributed by atoms with Gasteiger partial charge >= 0.3 is 5.97 Å². The lowest BCUT2D eigenvalue weighted by Gasteiger charge is -2.44. The highest BCUT2D eigenvalue weighted by Crippen LogP contribution is 2.32. The first-order valence-corrected chi connectivity index (χ1v) is 6.50. The molecule has 0 spiro atoms. The van der Waals surface area contributed by atoms with Crippen molar-refractivity contribution < 1.29 is 14.3 Å². The Balaban J connectivity index is 2.19. The van der Waals surface area contributed by atoms with Gasteiger partial charge in [-0.3, -0.25) is 14.5 Å². The number of rotatable bonds is 1. The van der Waals surface area contributed by atoms with Crippen molar-refractivity contribution in [3.05, 3.63) is 0 Å². The van der Waals surface area contributed by atoms with Crippen LogP contribution < -0.4 is 5.32 Å². The van der Waals surface area contributed by atoms with Gasteiger partial charge in [0.25, 0.3) is 0 Å². The van der Waals surface area contributed by atoms with Crippen LogP contribution in [0.15, 0.2) is 0 Å². The maximum atomic E-state index is 12.4. The summed E-state index contributed by atoms with van der Waals surface area (Å²) < 4.78 is 5.20. The van der Waals surface area contributed by atoms with E-state index in [2.05, 4.69) is 5.32 Å². The number of hydrogen-bond acceptors (Lipinski definition) is 4. The molecule has 5 nitrogen and oxygen atoms in total. The third-order valence-corrected chi connectivity index (χ3v) is 3.63. The monoisotopic (exact) mass is 254 g/mol. The second-order valence-corrected chi connectivity index (χ2v) is 6.44. The number of carbonyl (C=O) groups excluding carboxylic acids is 2. The van der Waals surface area contributed by atoms with E-state index in [0.29, 0.717) is 0 Å². The number of fused-ring (bicyclic) bond motifs is 1. The van der Waals surface area contributed by atoms with Crippen LogP contribution in [0.25, 0.3) is 0 Å². The highest BCUT2D eigenvalue weighted by atomic mass is 16.5. The van der Waals surface area contributed by atoms with Gasteiger partial charge in [-0.25, -0.2) is 0 Å². The summed E-state index contributed by atoms with van der Waals surface area (Å²) in [5, 5.41) is 2.98. The number of hydrogen-bond donors (Lipinski definition) is 1. The maximum Gasteiger partial charge on any atom is 0.323 e. The highest BCUT2D eigenvalue weighted by Gasteiger charge is 2.52. The van der Waals surface area contributed by atoms with Crippen molar-refractivity contribution in [3.63, 3.8) is 0 Å². The summed E-state index contributed by atoms with van der Waals surface area (Å²) in [6.45, 7) is 8.64. The Bertz CT molecular complexity index is 375. The lowest BCUT2D eigenvalue weighted by atomic mass is 9.94. The molecular formula is C13H22N2O3. The van der Waals surface area contributed by atoms with Gasteiger partial charge in [0, 0.05) is 12.1 Å². The summed E-state index contributed by atoms with van der Waals surface area (Å²) in [6, 6.07) is -0.241. The Morgan fingerprint density at radius 3 is 2.78 bits per heavy atom. The summed E-state index contributed by atoms with van der Waals surface area (Å²) in [7, 11) is 0. The molecule has 0 bridgehead atoms. The van der Waals surface area contributed by atoms with Crippen molar-refractivity contribution in [2.75, 3.05) is 13.2 Å². The molecule has 0 aromatic carbocycles. The zero-order chi connectivity index (χ0) is 13.6. The van der Waals surface area contributed by atoms with Crippen LogP contribution in [0.1, 0.15) is 40.5 Å². The number of ether oxygens (including phenoxy) is 1. The molecule has 2 heterocycles. The van der Waals surface area contributed by atoms with E-state index in [1.165, 1.54) is 0 Å². The van der Waals surface area contributed by atoms with E-state index in [-0.39, 0.29) is 30.1 Å². The molecule has 2 saturated heterocycles. The maximum absolute atomic E-state index is 12.4. The lowest BCUT2D eigenvalue weighted by Crippen LogP contribution is -2.67. The Labute approximate surface area is 108 Å². The summed E-state index contributed by atoms with van der Waals surface area (Å²) in [6.07, 6.45) is 1.73. The normalized spacial score (nSPS) is 32.9. The van der Waals surface area contributed by atoms with Gasteiger partial charge in [0.15, 0.2) is 0 Å². The van der Waals surface area contributed by atoms with Crippen molar-refractivity contribution in [1.82, 2.24) is 10.2 Å². The number of nitrogens with zero attached hydrogens (tertiary/aromatic N) is 1. The number of cyclic esters (lactones) is 1. The second kappa shape index (κ2) is 4.23. The molecule has 2 aliphatic heterocycles. The molecular weight excluding hydrogens is 232 g/mol. The smallest absolute Gasteiger partial charge is 0.323 e. The van der Waals surface area contributed by atoms with E-state index in [4.69, 9.17) is 4.74 Å². The minimum atomic E-state index is -0.734. The Morgan fingerprint density at radius 2 is 2.17 bits per heavy atom. The van der Waals surface area contributed by atoms with Gasteiger partial charge in [0.05, 0.1) is 0 Å². The molecule has 0 aliphatic carbocycles. The second-order valence-electron chi connectivity index (χ2n) is 6.44. The standard InChI is InChI=1S/C13H22N2O3/c1-12(2,3)14-11(17)13(4)8-18-10(16)9-6-5-7-15(9)13/h9H,5-8H2,1-4H3,(H,14,17)/t9-,13-/m0/s1. The molecule has 0 aromatic rings. The molecule has 2 atom stereocenters. The molecule has 102 valence electrons. The predicted molar refractivity (Wildman–Crippen MR) is 67.0 cm³/mol. The van der Waals surface area contributed by atoms with Gasteiger partial charge in [-0.15, -0.1) is 0 Å². The number of amides is 1. The number of morpholine rings is 1. The van der Waals surface area contributed by atoms with E-state index in [0.717, 1.165) is 19.4 Å². The largest absolute Gasteiger partial charge is 0.462 e. The molecule has 0 radical (unpaired) electrons. The zero-order valence-electron chi connectivity index (χ0n) is 11.6. The molecule has 2 aliphatic rings. The third-order valence-electron chi connectivity index (χ3n) is 3.63. The zero-order valence-corrected chi connectivity index (χ0v) is 11.6. The van der Waals surface area contributed by atoms with Crippen molar-refractivity contribution in [3.8, 4) is 0 Å². The summed E-state index contributed by atoms with van der Waals surface area (Å²) in [5.74, 6) is -0.247. The van der Waals surface area contributed by atoms with Crippen LogP contribution in [0.2, 0.25) is 0 Å². The van der Waals surface area contributed by atoms with Crippen molar-refractivity contribution >= 4 is 11.9 Å². The quantitative estimate of drug-likeness (QED) is 0.699. The van der Waals surface area contributed by atoms with E-state index in [1.54, 1.807) is 0 Å². The summed E-state index contributed by atoms with van der Waals surface area (Å²) in [4.78, 5) is 26.1. The van der Waals surface area contributed by atoms with Crippen LogP contribution in [0.4, 0.5) is 0 Å². The fourth-order valence-electron chi connectivity index (χ4n) is 2.66. The van der Waals surface area contributed by atoms with Crippen molar-refractivity contribution in [2.24, 2.45) is 0 Å². The van der Waals surface area contributed by atoms with E-state index in [1.807, 2.05) is 32.6 Å². The topological polar surface area (TPSA) is 58.6 Å². The van der Waals surface area contributed by atoms with E-state index >= 15 is 0 Å². The molecule has 0 saturated carbocycles. The van der Waals surface area contributed by atoms with Crippen LogP contribution in [-0.2, 0) is 14.3 Å². The number of nitrogens with one attached hydrogen (secondary N) is 1. The lowest BCUT2D eigenvalue weighted by molar-refractivity contribution is -0.171. The number of carbonyl (C=O) groups is 2. The first-order valence-electron chi connectivity index (χ1n) is 6.50. The third kappa shape index (κ3) is 2.23. The van der Waals surface area contributed by atoms with E-state index in [9.17, 15) is 9.59 Å². The van der Waals surface area contributed by atoms with Crippen LogP contribution in [0, 0.1) is 0 Å². The van der Waals surface area contributed by atoms with Crippen molar-refractivity contribution in [1.29, 1.82) is 0 Å². The van der Waals surface area contributed by atoms with Gasteiger partial charge in [0.2, 0.25) is 5.91 Å². The molecule has 1 amide bonds. The molecule has 5 heteroatoms. The van der Waals surface area contributed by atoms with Crippen LogP contribution in [0.3, 0.4) is 0 Å². The fraction of sp³-hybridized carbons (Fsp3) is 0.846.